The molecule has 0 bridgehead atoms. The Morgan fingerprint density at radius 1 is 1.32 bits per heavy atom. The molecule has 0 spiro atoms. The van der Waals surface area contributed by atoms with E-state index in [4.69, 9.17) is 6.42 Å². The molecular weight excluding hydrogens is 262 g/mol. The van der Waals surface area contributed by atoms with Gasteiger partial charge in [-0.1, -0.05) is 23.6 Å². The van der Waals surface area contributed by atoms with Crippen LogP contribution in [0.5, 0.6) is 0 Å². The predicted molar refractivity (Wildman–Crippen MR) is 74.1 cm³/mol. The minimum absolute atomic E-state index is 0.0382. The molecule has 0 aromatic heterocycles. The first-order chi connectivity index (χ1) is 8.87. The van der Waals surface area contributed by atoms with E-state index < -0.39 is 10.0 Å². The Balaban J connectivity index is 3.02. The first-order valence-electron chi connectivity index (χ1n) is 5.87. The summed E-state index contributed by atoms with van der Waals surface area (Å²) in [6.07, 6.45) is 5.35. The zero-order chi connectivity index (χ0) is 14.5. The maximum absolute atomic E-state index is 12.4. The molecule has 19 heavy (non-hydrogen) atoms. The van der Waals surface area contributed by atoms with Gasteiger partial charge in [-0.3, -0.25) is 4.79 Å². The summed E-state index contributed by atoms with van der Waals surface area (Å²) in [6.45, 7) is 3.37. The van der Waals surface area contributed by atoms with Crippen LogP contribution in [0.1, 0.15) is 18.9 Å². The summed E-state index contributed by atoms with van der Waals surface area (Å²) in [6, 6.07) is 6.54. The Labute approximate surface area is 114 Å². The number of Topliss-reactive ketones (excluding diaryl/α,β-unsaturated/α-hetero) is 1. The van der Waals surface area contributed by atoms with Gasteiger partial charge in [-0.2, -0.15) is 4.31 Å². The van der Waals surface area contributed by atoms with Gasteiger partial charge in [0.1, 0.15) is 5.78 Å². The van der Waals surface area contributed by atoms with E-state index in [0.717, 1.165) is 9.87 Å². The van der Waals surface area contributed by atoms with Crippen molar-refractivity contribution in [3.05, 3.63) is 29.8 Å². The summed E-state index contributed by atoms with van der Waals surface area (Å²) in [5.41, 5.74) is 0.978. The Morgan fingerprint density at radius 2 is 1.89 bits per heavy atom. The summed E-state index contributed by atoms with van der Waals surface area (Å²) in [5, 5.41) is 0. The molecule has 4 nitrogen and oxygen atoms in total. The molecule has 102 valence electrons. The zero-order valence-corrected chi connectivity index (χ0v) is 11.9. The number of nitrogens with zero attached hydrogens (tertiary/aromatic N) is 1. The number of terminal acetylenes is 1. The third kappa shape index (κ3) is 4.19. The zero-order valence-electron chi connectivity index (χ0n) is 11.1. The monoisotopic (exact) mass is 279 g/mol. The van der Waals surface area contributed by atoms with Crippen molar-refractivity contribution < 1.29 is 13.2 Å². The molecule has 0 heterocycles. The Bertz CT molecular complexity index is 582. The van der Waals surface area contributed by atoms with E-state index in [-0.39, 0.29) is 30.2 Å². The minimum atomic E-state index is -3.64. The second kappa shape index (κ2) is 6.50. The van der Waals surface area contributed by atoms with Crippen molar-refractivity contribution in [1.82, 2.24) is 4.31 Å². The van der Waals surface area contributed by atoms with Gasteiger partial charge in [-0.05, 0) is 26.0 Å². The third-order valence-corrected chi connectivity index (χ3v) is 4.50. The number of benzene rings is 1. The van der Waals surface area contributed by atoms with Crippen LogP contribution in [-0.4, -0.2) is 31.6 Å². The molecule has 0 fully saturated rings. The summed E-state index contributed by atoms with van der Waals surface area (Å²) in [7, 11) is -3.64. The van der Waals surface area contributed by atoms with E-state index in [0.29, 0.717) is 0 Å². The summed E-state index contributed by atoms with van der Waals surface area (Å²) in [5.74, 6) is 2.25. The average molecular weight is 279 g/mol. The van der Waals surface area contributed by atoms with Crippen LogP contribution in [0.3, 0.4) is 0 Å². The van der Waals surface area contributed by atoms with Crippen LogP contribution in [0.4, 0.5) is 0 Å². The average Bonchev–Trinajstić information content (AvgIpc) is 2.34. The molecule has 0 unspecified atom stereocenters. The molecule has 1 rings (SSSR count). The predicted octanol–water partition coefficient (Wildman–Crippen LogP) is 1.60. The molecule has 0 aliphatic carbocycles. The number of hydrogen-bond donors (Lipinski definition) is 0. The van der Waals surface area contributed by atoms with Gasteiger partial charge in [0.15, 0.2) is 0 Å². The van der Waals surface area contributed by atoms with Gasteiger partial charge in [0, 0.05) is 13.0 Å². The first-order valence-corrected chi connectivity index (χ1v) is 7.31. The number of ketones is 1. The number of carbonyl (C=O) groups excluding carboxylic acids is 1. The topological polar surface area (TPSA) is 54.5 Å². The fraction of sp³-hybridized carbons (Fsp3) is 0.357. The fourth-order valence-corrected chi connectivity index (χ4v) is 2.88. The largest absolute Gasteiger partial charge is 0.300 e. The van der Waals surface area contributed by atoms with Crippen LogP contribution in [0.25, 0.3) is 0 Å². The lowest BCUT2D eigenvalue weighted by atomic mass is 10.2. The fourth-order valence-electron chi connectivity index (χ4n) is 1.53. The standard InChI is InChI=1S/C14H17NO3S/c1-4-10-15(11-9-13(3)16)19(17,18)14-7-5-12(2)6-8-14/h1,5-8H,9-11H2,2-3H3. The molecule has 0 radical (unpaired) electrons. The highest BCUT2D eigenvalue weighted by molar-refractivity contribution is 7.89. The lowest BCUT2D eigenvalue weighted by Crippen LogP contribution is -2.33. The van der Waals surface area contributed by atoms with Gasteiger partial charge in [0.05, 0.1) is 11.4 Å². The van der Waals surface area contributed by atoms with Crippen molar-refractivity contribution in [3.8, 4) is 12.3 Å². The van der Waals surface area contributed by atoms with Crippen molar-refractivity contribution in [3.63, 3.8) is 0 Å². The van der Waals surface area contributed by atoms with E-state index in [2.05, 4.69) is 5.92 Å². The second-order valence-corrected chi connectivity index (χ2v) is 6.25. The molecule has 5 heteroatoms. The summed E-state index contributed by atoms with van der Waals surface area (Å²) < 4.78 is 25.9. The molecule has 1 aromatic carbocycles. The molecule has 0 atom stereocenters. The molecule has 0 aliphatic heterocycles. The maximum atomic E-state index is 12.4. The number of aryl methyl sites for hydroxylation is 1. The molecule has 0 amide bonds. The van der Waals surface area contributed by atoms with Gasteiger partial charge >= 0.3 is 0 Å². The van der Waals surface area contributed by atoms with Gasteiger partial charge < -0.3 is 0 Å². The Hall–Kier alpha value is -1.64. The van der Waals surface area contributed by atoms with Crippen molar-refractivity contribution in [2.45, 2.75) is 25.2 Å². The van der Waals surface area contributed by atoms with Crippen LogP contribution in [-0.2, 0) is 14.8 Å². The summed E-state index contributed by atoms with van der Waals surface area (Å²) in [4.78, 5) is 11.2. The second-order valence-electron chi connectivity index (χ2n) is 4.31. The molecule has 0 aliphatic rings. The first kappa shape index (κ1) is 15.4. The van der Waals surface area contributed by atoms with Crippen molar-refractivity contribution >= 4 is 15.8 Å². The highest BCUT2D eigenvalue weighted by Gasteiger charge is 2.23. The summed E-state index contributed by atoms with van der Waals surface area (Å²) >= 11 is 0. The van der Waals surface area contributed by atoms with Gasteiger partial charge in [-0.15, -0.1) is 6.42 Å². The Morgan fingerprint density at radius 3 is 2.37 bits per heavy atom. The molecule has 0 saturated heterocycles. The highest BCUT2D eigenvalue weighted by atomic mass is 32.2. The number of sulfonamides is 1. The van der Waals surface area contributed by atoms with Crippen LogP contribution in [0.15, 0.2) is 29.2 Å². The van der Waals surface area contributed by atoms with Gasteiger partial charge in [0.2, 0.25) is 10.0 Å². The quantitative estimate of drug-likeness (QED) is 0.743. The van der Waals surface area contributed by atoms with Crippen LogP contribution < -0.4 is 0 Å². The number of hydrogen-bond acceptors (Lipinski definition) is 3. The van der Waals surface area contributed by atoms with Crippen molar-refractivity contribution in [2.75, 3.05) is 13.1 Å². The lowest BCUT2D eigenvalue weighted by molar-refractivity contribution is -0.117. The molecule has 0 N–H and O–H groups in total. The van der Waals surface area contributed by atoms with Gasteiger partial charge in [-0.25, -0.2) is 8.42 Å². The number of rotatable bonds is 6. The van der Waals surface area contributed by atoms with E-state index >= 15 is 0 Å². The van der Waals surface area contributed by atoms with E-state index in [1.165, 1.54) is 6.92 Å². The van der Waals surface area contributed by atoms with Crippen molar-refractivity contribution in [1.29, 1.82) is 0 Å². The van der Waals surface area contributed by atoms with Crippen LogP contribution in [0, 0.1) is 19.3 Å². The normalized spacial score (nSPS) is 11.3. The van der Waals surface area contributed by atoms with E-state index in [1.807, 2.05) is 6.92 Å². The minimum Gasteiger partial charge on any atom is -0.300 e. The molecular formula is C14H17NO3S. The smallest absolute Gasteiger partial charge is 0.243 e. The van der Waals surface area contributed by atoms with Crippen LogP contribution in [0.2, 0.25) is 0 Å². The van der Waals surface area contributed by atoms with Crippen LogP contribution >= 0.6 is 0 Å². The SMILES string of the molecule is C#CCN(CCC(C)=O)S(=O)(=O)c1ccc(C)cc1. The third-order valence-electron chi connectivity index (χ3n) is 2.64. The lowest BCUT2D eigenvalue weighted by Gasteiger charge is -2.19. The van der Waals surface area contributed by atoms with Gasteiger partial charge in [0.25, 0.3) is 0 Å². The van der Waals surface area contributed by atoms with E-state index in [1.54, 1.807) is 24.3 Å². The maximum Gasteiger partial charge on any atom is 0.243 e. The Kier molecular flexibility index (Phi) is 5.28. The number of carbonyl (C=O) groups is 1. The van der Waals surface area contributed by atoms with Crippen molar-refractivity contribution in [2.24, 2.45) is 0 Å². The highest BCUT2D eigenvalue weighted by Crippen LogP contribution is 2.16. The van der Waals surface area contributed by atoms with E-state index in [9.17, 15) is 13.2 Å². The molecule has 1 aromatic rings. The molecule has 0 saturated carbocycles.